The van der Waals surface area contributed by atoms with Crippen molar-refractivity contribution in [2.24, 2.45) is 0 Å². The largest absolute Gasteiger partial charge is 0.466 e. The zero-order chi connectivity index (χ0) is 10.4. The highest BCUT2D eigenvalue weighted by Gasteiger charge is 2.01. The average molecular weight is 190 g/mol. The van der Waals surface area contributed by atoms with Crippen molar-refractivity contribution in [3.63, 3.8) is 0 Å². The lowest BCUT2D eigenvalue weighted by Crippen LogP contribution is -1.96. The summed E-state index contributed by atoms with van der Waals surface area (Å²) in [6, 6.07) is 9.83. The lowest BCUT2D eigenvalue weighted by molar-refractivity contribution is -0.134. The molecule has 1 rings (SSSR count). The lowest BCUT2D eigenvalue weighted by Gasteiger charge is -2.03. The van der Waals surface area contributed by atoms with Crippen molar-refractivity contribution in [1.29, 1.82) is 0 Å². The van der Waals surface area contributed by atoms with Crippen molar-refractivity contribution in [3.8, 4) is 0 Å². The number of hydrogen-bond donors (Lipinski definition) is 0. The molecule has 0 saturated heterocycles. The summed E-state index contributed by atoms with van der Waals surface area (Å²) in [6.45, 7) is 2.02. The van der Waals surface area contributed by atoms with Crippen LogP contribution in [0.4, 0.5) is 0 Å². The van der Waals surface area contributed by atoms with Gasteiger partial charge in [0, 0.05) is 6.08 Å². The molecule has 0 atom stereocenters. The summed E-state index contributed by atoms with van der Waals surface area (Å²) in [7, 11) is 1.39. The minimum absolute atomic E-state index is 0.300. The normalized spacial score (nSPS) is 11.1. The summed E-state index contributed by atoms with van der Waals surface area (Å²) >= 11 is 0. The maximum atomic E-state index is 11.1. The van der Waals surface area contributed by atoms with E-state index in [-0.39, 0.29) is 5.97 Å². The molecule has 0 fully saturated rings. The summed E-state index contributed by atoms with van der Waals surface area (Å²) < 4.78 is 4.59. The van der Waals surface area contributed by atoms with Gasteiger partial charge in [0.15, 0.2) is 0 Å². The van der Waals surface area contributed by atoms with Crippen LogP contribution in [-0.4, -0.2) is 13.1 Å². The van der Waals surface area contributed by atoms with Crippen LogP contribution in [-0.2, 0) is 9.53 Å². The topological polar surface area (TPSA) is 26.3 Å². The monoisotopic (exact) mass is 190 g/mol. The van der Waals surface area contributed by atoms with E-state index in [2.05, 4.69) is 4.74 Å². The van der Waals surface area contributed by atoms with Crippen molar-refractivity contribution in [2.75, 3.05) is 7.11 Å². The van der Waals surface area contributed by atoms with Gasteiger partial charge in [-0.1, -0.05) is 37.3 Å². The summed E-state index contributed by atoms with van der Waals surface area (Å²) in [6.07, 6.45) is 2.36. The fourth-order valence-electron chi connectivity index (χ4n) is 1.24. The Morgan fingerprint density at radius 2 is 2.00 bits per heavy atom. The van der Waals surface area contributed by atoms with Crippen LogP contribution in [0.5, 0.6) is 0 Å². The minimum atomic E-state index is -0.300. The number of carbonyl (C=O) groups is 1. The number of hydrogen-bond acceptors (Lipinski definition) is 2. The fraction of sp³-hybridized carbons (Fsp3) is 0.250. The van der Waals surface area contributed by atoms with Crippen molar-refractivity contribution in [3.05, 3.63) is 42.0 Å². The van der Waals surface area contributed by atoms with Crippen LogP contribution < -0.4 is 0 Å². The SMILES string of the molecule is CC/C(=C\C(=O)OC)c1ccccc1. The van der Waals surface area contributed by atoms with Crippen molar-refractivity contribution in [2.45, 2.75) is 13.3 Å². The average Bonchev–Trinajstić information content (AvgIpc) is 2.26. The predicted molar refractivity (Wildman–Crippen MR) is 56.7 cm³/mol. The molecule has 14 heavy (non-hydrogen) atoms. The van der Waals surface area contributed by atoms with Crippen LogP contribution in [0.2, 0.25) is 0 Å². The number of carbonyl (C=O) groups excluding carboxylic acids is 1. The third kappa shape index (κ3) is 2.73. The Kier molecular flexibility index (Phi) is 3.92. The van der Waals surface area contributed by atoms with Gasteiger partial charge in [-0.05, 0) is 17.6 Å². The van der Waals surface area contributed by atoms with E-state index in [0.717, 1.165) is 17.6 Å². The Balaban J connectivity index is 2.93. The van der Waals surface area contributed by atoms with Gasteiger partial charge in [-0.15, -0.1) is 0 Å². The summed E-state index contributed by atoms with van der Waals surface area (Å²) in [5, 5.41) is 0. The molecule has 2 heteroatoms. The molecular weight excluding hydrogens is 176 g/mol. The Labute approximate surface area is 84.2 Å². The fourth-order valence-corrected chi connectivity index (χ4v) is 1.24. The zero-order valence-corrected chi connectivity index (χ0v) is 8.49. The summed E-state index contributed by atoms with van der Waals surface area (Å²) in [5.74, 6) is -0.300. The summed E-state index contributed by atoms with van der Waals surface area (Å²) in [4.78, 5) is 11.1. The third-order valence-electron chi connectivity index (χ3n) is 2.02. The van der Waals surface area contributed by atoms with Gasteiger partial charge in [-0.25, -0.2) is 4.79 Å². The maximum Gasteiger partial charge on any atom is 0.330 e. The van der Waals surface area contributed by atoms with Crippen molar-refractivity contribution < 1.29 is 9.53 Å². The summed E-state index contributed by atoms with van der Waals surface area (Å²) in [5.41, 5.74) is 2.07. The molecule has 0 saturated carbocycles. The van der Waals surface area contributed by atoms with E-state index in [1.54, 1.807) is 0 Å². The maximum absolute atomic E-state index is 11.1. The Bertz CT molecular complexity index is 325. The van der Waals surface area contributed by atoms with E-state index < -0.39 is 0 Å². The number of benzene rings is 1. The second kappa shape index (κ2) is 5.22. The van der Waals surface area contributed by atoms with E-state index in [1.807, 2.05) is 37.3 Å². The first-order valence-electron chi connectivity index (χ1n) is 4.62. The van der Waals surface area contributed by atoms with Gasteiger partial charge in [0.25, 0.3) is 0 Å². The van der Waals surface area contributed by atoms with Crippen LogP contribution in [0.3, 0.4) is 0 Å². The van der Waals surface area contributed by atoms with E-state index in [1.165, 1.54) is 13.2 Å². The van der Waals surface area contributed by atoms with Crippen LogP contribution in [0.1, 0.15) is 18.9 Å². The molecule has 0 radical (unpaired) electrons. The molecule has 1 aromatic carbocycles. The van der Waals surface area contributed by atoms with Gasteiger partial charge in [-0.2, -0.15) is 0 Å². The molecule has 0 aliphatic rings. The third-order valence-corrected chi connectivity index (χ3v) is 2.02. The highest BCUT2D eigenvalue weighted by atomic mass is 16.5. The Morgan fingerprint density at radius 1 is 1.36 bits per heavy atom. The first-order chi connectivity index (χ1) is 6.77. The van der Waals surface area contributed by atoms with E-state index in [4.69, 9.17) is 0 Å². The van der Waals surface area contributed by atoms with E-state index in [0.29, 0.717) is 0 Å². The van der Waals surface area contributed by atoms with Crippen LogP contribution >= 0.6 is 0 Å². The first kappa shape index (κ1) is 10.5. The van der Waals surface area contributed by atoms with Gasteiger partial charge in [-0.3, -0.25) is 0 Å². The molecule has 0 aliphatic carbocycles. The molecule has 1 aromatic rings. The van der Waals surface area contributed by atoms with Gasteiger partial charge < -0.3 is 4.74 Å². The molecule has 0 amide bonds. The van der Waals surface area contributed by atoms with E-state index >= 15 is 0 Å². The van der Waals surface area contributed by atoms with Gasteiger partial charge in [0.05, 0.1) is 7.11 Å². The second-order valence-corrected chi connectivity index (χ2v) is 2.91. The Hall–Kier alpha value is -1.57. The Morgan fingerprint density at radius 3 is 2.50 bits per heavy atom. The molecule has 0 heterocycles. The quantitative estimate of drug-likeness (QED) is 0.541. The van der Waals surface area contributed by atoms with Gasteiger partial charge >= 0.3 is 5.97 Å². The molecule has 74 valence electrons. The van der Waals surface area contributed by atoms with Crippen LogP contribution in [0.25, 0.3) is 5.57 Å². The van der Waals surface area contributed by atoms with Gasteiger partial charge in [0.2, 0.25) is 0 Å². The first-order valence-corrected chi connectivity index (χ1v) is 4.62. The molecular formula is C12H14O2. The van der Waals surface area contributed by atoms with Crippen molar-refractivity contribution >= 4 is 11.5 Å². The molecule has 2 nitrogen and oxygen atoms in total. The number of allylic oxidation sites excluding steroid dienone is 1. The number of methoxy groups -OCH3 is 1. The lowest BCUT2D eigenvalue weighted by atomic mass is 10.0. The van der Waals surface area contributed by atoms with Crippen LogP contribution in [0, 0.1) is 0 Å². The number of ether oxygens (including phenoxy) is 1. The zero-order valence-electron chi connectivity index (χ0n) is 8.49. The molecule has 0 unspecified atom stereocenters. The highest BCUT2D eigenvalue weighted by molar-refractivity contribution is 5.91. The van der Waals surface area contributed by atoms with Crippen molar-refractivity contribution in [1.82, 2.24) is 0 Å². The molecule has 0 aliphatic heterocycles. The number of esters is 1. The van der Waals surface area contributed by atoms with E-state index in [9.17, 15) is 4.79 Å². The smallest absolute Gasteiger partial charge is 0.330 e. The molecule has 0 bridgehead atoms. The predicted octanol–water partition coefficient (Wildman–Crippen LogP) is 2.65. The minimum Gasteiger partial charge on any atom is -0.466 e. The number of rotatable bonds is 3. The molecule has 0 N–H and O–H groups in total. The molecule has 0 aromatic heterocycles. The molecule has 0 spiro atoms. The highest BCUT2D eigenvalue weighted by Crippen LogP contribution is 2.17. The van der Waals surface area contributed by atoms with Gasteiger partial charge in [0.1, 0.15) is 0 Å². The standard InChI is InChI=1S/C12H14O2/c1-3-10(9-12(13)14-2)11-7-5-4-6-8-11/h4-9H,3H2,1-2H3/b10-9+. The second-order valence-electron chi connectivity index (χ2n) is 2.91. The van der Waals surface area contributed by atoms with Crippen LogP contribution in [0.15, 0.2) is 36.4 Å².